The highest BCUT2D eigenvalue weighted by molar-refractivity contribution is 5.50. The fourth-order valence-electron chi connectivity index (χ4n) is 2.09. The van der Waals surface area contributed by atoms with Gasteiger partial charge in [0, 0.05) is 23.9 Å². The lowest BCUT2D eigenvalue weighted by Crippen LogP contribution is -2.28. The molecule has 1 N–H and O–H groups in total. The second kappa shape index (κ2) is 4.02. The van der Waals surface area contributed by atoms with E-state index in [1.54, 1.807) is 6.20 Å². The highest BCUT2D eigenvalue weighted by atomic mass is 15.3. The van der Waals surface area contributed by atoms with Crippen LogP contribution in [0.1, 0.15) is 44.7 Å². The lowest BCUT2D eigenvalue weighted by atomic mass is 9.93. The Morgan fingerprint density at radius 1 is 1.41 bits per heavy atom. The number of hydrogen-bond donors (Lipinski definition) is 1. The molecule has 0 aromatic carbocycles. The molecule has 2 aromatic heterocycles. The Kier molecular flexibility index (Phi) is 2.50. The maximum absolute atomic E-state index is 4.61. The standard InChI is InChI=1S/C13H18N4/c1-9(2)11-8-13(15-10-4-3-5-10)17-12(16-11)6-7-14-17/h6-10,15H,3-5H2,1-2H3. The van der Waals surface area contributed by atoms with E-state index in [-0.39, 0.29) is 0 Å². The molecule has 4 nitrogen and oxygen atoms in total. The van der Waals surface area contributed by atoms with Gasteiger partial charge in [0.1, 0.15) is 5.82 Å². The Bertz CT molecular complexity index is 525. The van der Waals surface area contributed by atoms with Crippen LogP contribution in [0.4, 0.5) is 5.82 Å². The second-order valence-corrected chi connectivity index (χ2v) is 5.09. The molecule has 0 radical (unpaired) electrons. The van der Waals surface area contributed by atoms with E-state index in [0.29, 0.717) is 12.0 Å². The first-order valence-electron chi connectivity index (χ1n) is 6.35. The van der Waals surface area contributed by atoms with Crippen LogP contribution < -0.4 is 5.32 Å². The van der Waals surface area contributed by atoms with E-state index in [0.717, 1.165) is 17.2 Å². The van der Waals surface area contributed by atoms with E-state index >= 15 is 0 Å². The molecule has 0 saturated heterocycles. The zero-order valence-corrected chi connectivity index (χ0v) is 10.3. The second-order valence-electron chi connectivity index (χ2n) is 5.09. The normalized spacial score (nSPS) is 16.4. The zero-order chi connectivity index (χ0) is 11.8. The van der Waals surface area contributed by atoms with Crippen molar-refractivity contribution in [2.75, 3.05) is 5.32 Å². The van der Waals surface area contributed by atoms with Crippen molar-refractivity contribution in [1.29, 1.82) is 0 Å². The number of hydrogen-bond acceptors (Lipinski definition) is 3. The highest BCUT2D eigenvalue weighted by Crippen LogP contribution is 2.25. The molecule has 0 aliphatic heterocycles. The van der Waals surface area contributed by atoms with Gasteiger partial charge in [0.2, 0.25) is 0 Å². The molecule has 0 amide bonds. The summed E-state index contributed by atoms with van der Waals surface area (Å²) in [5.74, 6) is 1.52. The van der Waals surface area contributed by atoms with Crippen molar-refractivity contribution in [3.05, 3.63) is 24.0 Å². The minimum Gasteiger partial charge on any atom is -0.367 e. The van der Waals surface area contributed by atoms with Crippen LogP contribution in [0.5, 0.6) is 0 Å². The Morgan fingerprint density at radius 3 is 2.88 bits per heavy atom. The smallest absolute Gasteiger partial charge is 0.157 e. The Morgan fingerprint density at radius 2 is 2.24 bits per heavy atom. The largest absolute Gasteiger partial charge is 0.367 e. The molecule has 0 bridgehead atoms. The molecule has 1 aliphatic rings. The predicted octanol–water partition coefficient (Wildman–Crippen LogP) is 2.82. The van der Waals surface area contributed by atoms with E-state index in [4.69, 9.17) is 0 Å². The molecule has 3 rings (SSSR count). The quantitative estimate of drug-likeness (QED) is 0.881. The number of aromatic nitrogens is 3. The summed E-state index contributed by atoms with van der Waals surface area (Å²) < 4.78 is 1.89. The van der Waals surface area contributed by atoms with Gasteiger partial charge in [-0.1, -0.05) is 13.8 Å². The van der Waals surface area contributed by atoms with Crippen molar-refractivity contribution >= 4 is 11.5 Å². The molecule has 0 atom stereocenters. The van der Waals surface area contributed by atoms with Crippen LogP contribution in [0, 0.1) is 0 Å². The van der Waals surface area contributed by atoms with Crippen molar-refractivity contribution in [3.8, 4) is 0 Å². The van der Waals surface area contributed by atoms with Crippen LogP contribution in [0.15, 0.2) is 18.3 Å². The number of nitrogens with one attached hydrogen (secondary N) is 1. The summed E-state index contributed by atoms with van der Waals surface area (Å²) >= 11 is 0. The number of fused-ring (bicyclic) bond motifs is 1. The topological polar surface area (TPSA) is 42.2 Å². The summed E-state index contributed by atoms with van der Waals surface area (Å²) in [6.45, 7) is 4.34. The SMILES string of the molecule is CC(C)c1cc(NC2CCC2)n2nccc2n1. The summed E-state index contributed by atoms with van der Waals surface area (Å²) in [5.41, 5.74) is 2.05. The summed E-state index contributed by atoms with van der Waals surface area (Å²) in [6.07, 6.45) is 5.67. The lowest BCUT2D eigenvalue weighted by Gasteiger charge is -2.27. The zero-order valence-electron chi connectivity index (χ0n) is 10.3. The van der Waals surface area contributed by atoms with E-state index < -0.39 is 0 Å². The molecule has 17 heavy (non-hydrogen) atoms. The molecule has 4 heteroatoms. The fraction of sp³-hybridized carbons (Fsp3) is 0.538. The van der Waals surface area contributed by atoms with E-state index in [9.17, 15) is 0 Å². The van der Waals surface area contributed by atoms with Crippen molar-refractivity contribution < 1.29 is 0 Å². The summed E-state index contributed by atoms with van der Waals surface area (Å²) in [7, 11) is 0. The van der Waals surface area contributed by atoms with Crippen molar-refractivity contribution in [2.24, 2.45) is 0 Å². The minimum absolute atomic E-state index is 0.442. The van der Waals surface area contributed by atoms with Gasteiger partial charge in [0.15, 0.2) is 5.65 Å². The molecule has 90 valence electrons. The van der Waals surface area contributed by atoms with Gasteiger partial charge in [-0.15, -0.1) is 0 Å². The maximum atomic E-state index is 4.61. The minimum atomic E-state index is 0.442. The average Bonchev–Trinajstić information content (AvgIpc) is 2.70. The van der Waals surface area contributed by atoms with Crippen LogP contribution in [0.25, 0.3) is 5.65 Å². The molecule has 2 aromatic rings. The van der Waals surface area contributed by atoms with E-state index in [2.05, 4.69) is 35.3 Å². The molecule has 1 aliphatic carbocycles. The monoisotopic (exact) mass is 230 g/mol. The van der Waals surface area contributed by atoms with Gasteiger partial charge in [0.05, 0.1) is 6.20 Å². The van der Waals surface area contributed by atoms with Crippen molar-refractivity contribution in [1.82, 2.24) is 14.6 Å². The summed E-state index contributed by atoms with van der Waals surface area (Å²) in [5, 5.41) is 7.89. The van der Waals surface area contributed by atoms with Gasteiger partial charge >= 0.3 is 0 Å². The molecular weight excluding hydrogens is 212 g/mol. The molecule has 1 fully saturated rings. The van der Waals surface area contributed by atoms with Gasteiger partial charge in [-0.05, 0) is 25.2 Å². The first kappa shape index (κ1) is 10.6. The molecule has 2 heterocycles. The van der Waals surface area contributed by atoms with Crippen LogP contribution >= 0.6 is 0 Å². The third-order valence-corrected chi connectivity index (χ3v) is 3.43. The van der Waals surface area contributed by atoms with Gasteiger partial charge in [0.25, 0.3) is 0 Å². The Hall–Kier alpha value is -1.58. The van der Waals surface area contributed by atoms with Crippen LogP contribution in [-0.2, 0) is 0 Å². The Labute approximate surface area is 101 Å². The predicted molar refractivity (Wildman–Crippen MR) is 68.3 cm³/mol. The summed E-state index contributed by atoms with van der Waals surface area (Å²) in [6, 6.07) is 4.70. The van der Waals surface area contributed by atoms with Crippen LogP contribution in [-0.4, -0.2) is 20.6 Å². The van der Waals surface area contributed by atoms with Crippen molar-refractivity contribution in [2.45, 2.75) is 45.1 Å². The van der Waals surface area contributed by atoms with Gasteiger partial charge < -0.3 is 5.32 Å². The third kappa shape index (κ3) is 1.88. The maximum Gasteiger partial charge on any atom is 0.157 e. The average molecular weight is 230 g/mol. The lowest BCUT2D eigenvalue weighted by molar-refractivity contribution is 0.443. The number of anilines is 1. The molecule has 0 spiro atoms. The molecular formula is C13H18N4. The van der Waals surface area contributed by atoms with E-state index in [1.165, 1.54) is 19.3 Å². The van der Waals surface area contributed by atoms with Gasteiger partial charge in [-0.3, -0.25) is 0 Å². The van der Waals surface area contributed by atoms with Gasteiger partial charge in [-0.2, -0.15) is 9.61 Å². The van der Waals surface area contributed by atoms with E-state index in [1.807, 2.05) is 10.6 Å². The first-order valence-corrected chi connectivity index (χ1v) is 6.35. The number of rotatable bonds is 3. The van der Waals surface area contributed by atoms with Crippen LogP contribution in [0.3, 0.4) is 0 Å². The Balaban J connectivity index is 2.02. The number of nitrogens with zero attached hydrogens (tertiary/aromatic N) is 3. The van der Waals surface area contributed by atoms with Gasteiger partial charge in [-0.25, -0.2) is 4.98 Å². The summed E-state index contributed by atoms with van der Waals surface area (Å²) in [4.78, 5) is 4.61. The first-order chi connectivity index (χ1) is 8.24. The third-order valence-electron chi connectivity index (χ3n) is 3.43. The van der Waals surface area contributed by atoms with Crippen LogP contribution in [0.2, 0.25) is 0 Å². The molecule has 1 saturated carbocycles. The highest BCUT2D eigenvalue weighted by Gasteiger charge is 2.19. The molecule has 0 unspecified atom stereocenters. The fourth-order valence-corrected chi connectivity index (χ4v) is 2.09. The van der Waals surface area contributed by atoms with Crippen molar-refractivity contribution in [3.63, 3.8) is 0 Å².